The van der Waals surface area contributed by atoms with Gasteiger partial charge in [0.15, 0.2) is 12.1 Å². The SMILES string of the molecule is CCCCC/C=C/C/C=C/C/C=C/C/C=C/C/C=C/CCCCC(=O)OCC(COCCC(C(=O)O)[N+](C)(C)C)OC(=O)CCCCCCCCC/C=C/C/C=C/CCCCCCCCCC. The minimum absolute atomic E-state index is 0.0397. The molecule has 0 aliphatic carbocycles. The zero-order chi connectivity index (χ0) is 49.2. The number of carbonyl (C=O) groups excluding carboxylic acids is 2. The van der Waals surface area contributed by atoms with Crippen LogP contribution >= 0.6 is 0 Å². The van der Waals surface area contributed by atoms with Crippen molar-refractivity contribution in [1.82, 2.24) is 0 Å². The first kappa shape index (κ1) is 63.5. The fraction of sp³-hybridized carbons (Fsp3) is 0.712. The highest BCUT2D eigenvalue weighted by atomic mass is 16.6. The van der Waals surface area contributed by atoms with Crippen LogP contribution in [0.3, 0.4) is 0 Å². The van der Waals surface area contributed by atoms with Crippen molar-refractivity contribution in [3.8, 4) is 0 Å². The molecule has 0 bridgehead atoms. The van der Waals surface area contributed by atoms with E-state index in [1.807, 2.05) is 21.1 Å². The summed E-state index contributed by atoms with van der Waals surface area (Å²) in [6.45, 7) is 4.66. The van der Waals surface area contributed by atoms with E-state index in [0.717, 1.165) is 70.6 Å². The van der Waals surface area contributed by atoms with Crippen molar-refractivity contribution < 1.29 is 38.2 Å². The van der Waals surface area contributed by atoms with Gasteiger partial charge in [0.2, 0.25) is 0 Å². The van der Waals surface area contributed by atoms with Gasteiger partial charge >= 0.3 is 17.9 Å². The average Bonchev–Trinajstić information content (AvgIpc) is 3.29. The van der Waals surface area contributed by atoms with E-state index in [9.17, 15) is 19.5 Å². The molecule has 1 N–H and O–H groups in total. The number of aliphatic carboxylic acids is 1. The normalized spacial score (nSPS) is 13.5. The number of carboxylic acid groups (broad SMARTS) is 1. The fourth-order valence-corrected chi connectivity index (χ4v) is 7.55. The van der Waals surface area contributed by atoms with Crippen LogP contribution in [0.5, 0.6) is 0 Å². The Morgan fingerprint density at radius 3 is 1.22 bits per heavy atom. The molecule has 2 atom stereocenters. The average molecular weight is 937 g/mol. The molecule has 0 saturated heterocycles. The second-order valence-corrected chi connectivity index (χ2v) is 19.1. The van der Waals surface area contributed by atoms with Crippen molar-refractivity contribution in [2.45, 2.75) is 231 Å². The van der Waals surface area contributed by atoms with E-state index < -0.39 is 18.1 Å². The summed E-state index contributed by atoms with van der Waals surface area (Å²) in [5.74, 6) is -1.53. The maximum atomic E-state index is 12.8. The van der Waals surface area contributed by atoms with Gasteiger partial charge in [-0.3, -0.25) is 9.59 Å². The summed E-state index contributed by atoms with van der Waals surface area (Å²) in [7, 11) is 5.52. The maximum Gasteiger partial charge on any atom is 0.362 e. The predicted octanol–water partition coefficient (Wildman–Crippen LogP) is 16.0. The Morgan fingerprint density at radius 2 is 0.791 bits per heavy atom. The highest BCUT2D eigenvalue weighted by molar-refractivity contribution is 5.72. The number of hydrogen-bond donors (Lipinski definition) is 1. The molecule has 0 saturated carbocycles. The number of esters is 2. The number of rotatable bonds is 48. The molecule has 0 aromatic carbocycles. The van der Waals surface area contributed by atoms with Gasteiger partial charge in [0.25, 0.3) is 0 Å². The summed E-state index contributed by atoms with van der Waals surface area (Å²) < 4.78 is 17.3. The van der Waals surface area contributed by atoms with Gasteiger partial charge in [-0.05, 0) is 96.3 Å². The first-order valence-electron chi connectivity index (χ1n) is 27.1. The Labute approximate surface area is 412 Å². The lowest BCUT2D eigenvalue weighted by Gasteiger charge is -2.31. The molecule has 384 valence electrons. The molecule has 0 aromatic heterocycles. The molecule has 67 heavy (non-hydrogen) atoms. The zero-order valence-corrected chi connectivity index (χ0v) is 43.8. The summed E-state index contributed by atoms with van der Waals surface area (Å²) >= 11 is 0. The van der Waals surface area contributed by atoms with E-state index in [1.165, 1.54) is 109 Å². The smallest absolute Gasteiger partial charge is 0.362 e. The van der Waals surface area contributed by atoms with Crippen molar-refractivity contribution in [1.29, 1.82) is 0 Å². The third-order valence-corrected chi connectivity index (χ3v) is 11.8. The number of ether oxygens (including phenoxy) is 3. The summed E-state index contributed by atoms with van der Waals surface area (Å²) in [4.78, 5) is 37.2. The van der Waals surface area contributed by atoms with E-state index in [-0.39, 0.29) is 36.2 Å². The molecule has 0 rings (SSSR count). The van der Waals surface area contributed by atoms with E-state index in [1.54, 1.807) is 0 Å². The van der Waals surface area contributed by atoms with E-state index in [2.05, 4.69) is 98.9 Å². The number of hydrogen-bond acceptors (Lipinski definition) is 6. The molecule has 0 aliphatic heterocycles. The standard InChI is InChI=1S/C59H101NO7/c1-6-8-10-12-14-16-18-20-22-24-26-28-30-32-34-36-38-40-42-44-46-48-50-58(62)67-55(53-65-52-51-56(59(63)64)60(3,4)5)54-66-57(61)49-47-45-43-41-39-37-35-33-31-29-27-25-23-21-19-17-15-13-11-9-7-2/h15,17,21,23-24,26-27,29-30,32-33,35,39,41,55-56H,6-14,16,18-20,22,25,28,31,34,36-38,40,42-54H2,1-5H3/p+1/b17-15+,23-21+,26-24+,29-27+,32-30+,35-33+,41-39+. The van der Waals surface area contributed by atoms with E-state index in [4.69, 9.17) is 14.2 Å². The van der Waals surface area contributed by atoms with Crippen LogP contribution in [0.2, 0.25) is 0 Å². The molecule has 2 unspecified atom stereocenters. The van der Waals surface area contributed by atoms with Crippen LogP contribution in [0, 0.1) is 0 Å². The molecule has 0 heterocycles. The Bertz CT molecular complexity index is 1370. The number of nitrogens with zero attached hydrogens (tertiary/aromatic N) is 1. The molecule has 0 aromatic rings. The third-order valence-electron chi connectivity index (χ3n) is 11.8. The monoisotopic (exact) mass is 937 g/mol. The van der Waals surface area contributed by atoms with Gasteiger partial charge in [0, 0.05) is 19.3 Å². The first-order chi connectivity index (χ1) is 32.6. The highest BCUT2D eigenvalue weighted by Gasteiger charge is 2.31. The number of unbranched alkanes of at least 4 members (excludes halogenated alkanes) is 20. The summed E-state index contributed by atoms with van der Waals surface area (Å²) in [5.41, 5.74) is 0. The Kier molecular flexibility index (Phi) is 46.4. The highest BCUT2D eigenvalue weighted by Crippen LogP contribution is 2.14. The molecule has 8 heteroatoms. The van der Waals surface area contributed by atoms with Gasteiger partial charge in [-0.1, -0.05) is 189 Å². The third kappa shape index (κ3) is 47.4. The lowest BCUT2D eigenvalue weighted by Crippen LogP contribution is -2.50. The van der Waals surface area contributed by atoms with Crippen molar-refractivity contribution in [3.05, 3.63) is 85.1 Å². The van der Waals surface area contributed by atoms with Crippen LogP contribution in [-0.4, -0.2) is 80.6 Å². The molecule has 0 amide bonds. The number of likely N-dealkylation sites (N-methyl/N-ethyl adjacent to an activating group) is 1. The van der Waals surface area contributed by atoms with E-state index in [0.29, 0.717) is 25.7 Å². The van der Waals surface area contributed by atoms with Gasteiger partial charge in [0.1, 0.15) is 6.61 Å². The van der Waals surface area contributed by atoms with E-state index >= 15 is 0 Å². The van der Waals surface area contributed by atoms with Crippen molar-refractivity contribution >= 4 is 17.9 Å². The minimum atomic E-state index is -0.884. The van der Waals surface area contributed by atoms with Crippen LogP contribution in [0.25, 0.3) is 0 Å². The molecule has 0 radical (unpaired) electrons. The first-order valence-corrected chi connectivity index (χ1v) is 27.1. The van der Waals surface area contributed by atoms with Crippen molar-refractivity contribution in [2.24, 2.45) is 0 Å². The van der Waals surface area contributed by atoms with Crippen LogP contribution in [0.4, 0.5) is 0 Å². The molecule has 0 aliphatic rings. The topological polar surface area (TPSA) is 99.1 Å². The van der Waals surface area contributed by atoms with Gasteiger partial charge in [-0.2, -0.15) is 0 Å². The Balaban J connectivity index is 4.33. The minimum Gasteiger partial charge on any atom is -0.477 e. The summed E-state index contributed by atoms with van der Waals surface area (Å²) in [6.07, 6.45) is 65.0. The maximum absolute atomic E-state index is 12.8. The van der Waals surface area contributed by atoms with Crippen LogP contribution in [-0.2, 0) is 28.6 Å². The number of carboxylic acids is 1. The zero-order valence-electron chi connectivity index (χ0n) is 43.8. The van der Waals surface area contributed by atoms with Crippen molar-refractivity contribution in [3.63, 3.8) is 0 Å². The number of allylic oxidation sites excluding steroid dienone is 14. The van der Waals surface area contributed by atoms with Gasteiger partial charge in [0.05, 0.1) is 34.4 Å². The Morgan fingerprint density at radius 1 is 0.448 bits per heavy atom. The summed E-state index contributed by atoms with van der Waals surface area (Å²) in [5, 5.41) is 9.67. The Hall–Kier alpha value is -3.49. The number of carbonyl (C=O) groups is 3. The van der Waals surface area contributed by atoms with Gasteiger partial charge in [-0.15, -0.1) is 0 Å². The second kappa shape index (κ2) is 48.9. The predicted molar refractivity (Wildman–Crippen MR) is 284 cm³/mol. The lowest BCUT2D eigenvalue weighted by atomic mass is 10.1. The largest absolute Gasteiger partial charge is 0.477 e. The number of quaternary nitrogens is 1. The molecule has 0 spiro atoms. The van der Waals surface area contributed by atoms with Crippen LogP contribution < -0.4 is 0 Å². The quantitative estimate of drug-likeness (QED) is 0.0281. The van der Waals surface area contributed by atoms with Gasteiger partial charge < -0.3 is 23.8 Å². The van der Waals surface area contributed by atoms with Gasteiger partial charge in [-0.25, -0.2) is 4.79 Å². The molecular formula is C59H102NO7+. The molecule has 0 fully saturated rings. The molecule has 8 nitrogen and oxygen atoms in total. The lowest BCUT2D eigenvalue weighted by molar-refractivity contribution is -0.887. The summed E-state index contributed by atoms with van der Waals surface area (Å²) in [6, 6.07) is -0.628. The van der Waals surface area contributed by atoms with Crippen LogP contribution in [0.1, 0.15) is 219 Å². The van der Waals surface area contributed by atoms with Crippen LogP contribution in [0.15, 0.2) is 85.1 Å². The fourth-order valence-electron chi connectivity index (χ4n) is 7.55. The molecular weight excluding hydrogens is 835 g/mol. The van der Waals surface area contributed by atoms with Crippen molar-refractivity contribution in [2.75, 3.05) is 41.0 Å². The second-order valence-electron chi connectivity index (χ2n) is 19.1.